The Bertz CT molecular complexity index is 876. The largest absolute Gasteiger partial charge is 0.336 e. The normalized spacial score (nSPS) is 18.0. The minimum absolute atomic E-state index is 0.152. The van der Waals surface area contributed by atoms with Gasteiger partial charge in [0.15, 0.2) is 0 Å². The van der Waals surface area contributed by atoms with Crippen molar-refractivity contribution >= 4 is 17.7 Å². The molecule has 0 aromatic heterocycles. The number of piperazine rings is 1. The highest BCUT2D eigenvalue weighted by Gasteiger charge is 2.28. The van der Waals surface area contributed by atoms with Crippen LogP contribution in [-0.2, 0) is 5.75 Å². The van der Waals surface area contributed by atoms with Gasteiger partial charge in [-0.25, -0.2) is 0 Å². The van der Waals surface area contributed by atoms with Crippen LogP contribution in [0.4, 0.5) is 0 Å². The first-order valence-electron chi connectivity index (χ1n) is 10.5. The van der Waals surface area contributed by atoms with E-state index in [1.165, 1.54) is 25.7 Å². The van der Waals surface area contributed by atoms with Crippen molar-refractivity contribution in [2.24, 2.45) is 0 Å². The first-order chi connectivity index (χ1) is 14.2. The van der Waals surface area contributed by atoms with E-state index in [0.29, 0.717) is 5.56 Å². The van der Waals surface area contributed by atoms with Crippen molar-refractivity contribution in [2.45, 2.75) is 42.4 Å². The maximum absolute atomic E-state index is 13.2. The number of rotatable bonds is 5. The molecule has 0 atom stereocenters. The van der Waals surface area contributed by atoms with E-state index < -0.39 is 0 Å². The molecule has 1 saturated heterocycles. The highest BCUT2D eigenvalue weighted by molar-refractivity contribution is 7.98. The highest BCUT2D eigenvalue weighted by atomic mass is 32.2. The van der Waals surface area contributed by atoms with E-state index in [4.69, 9.17) is 5.26 Å². The minimum Gasteiger partial charge on any atom is -0.336 e. The Kier molecular flexibility index (Phi) is 6.53. The smallest absolute Gasteiger partial charge is 0.255 e. The van der Waals surface area contributed by atoms with Crippen molar-refractivity contribution in [3.05, 3.63) is 65.2 Å². The van der Waals surface area contributed by atoms with Gasteiger partial charge in [0.1, 0.15) is 0 Å². The molecule has 1 amide bonds. The zero-order valence-corrected chi connectivity index (χ0v) is 17.5. The molecule has 0 N–H and O–H groups in total. The molecule has 5 heteroatoms. The fourth-order valence-corrected chi connectivity index (χ4v) is 5.34. The third-order valence-corrected chi connectivity index (χ3v) is 7.18. The lowest BCUT2D eigenvalue weighted by Gasteiger charge is -2.38. The van der Waals surface area contributed by atoms with Gasteiger partial charge < -0.3 is 4.90 Å². The summed E-state index contributed by atoms with van der Waals surface area (Å²) in [4.78, 5) is 18.8. The van der Waals surface area contributed by atoms with Crippen LogP contribution in [0.5, 0.6) is 0 Å². The summed E-state index contributed by atoms with van der Waals surface area (Å²) < 4.78 is 0. The number of benzene rings is 2. The Morgan fingerprint density at radius 1 is 1.00 bits per heavy atom. The maximum atomic E-state index is 13.2. The Balaban J connectivity index is 1.38. The molecule has 150 valence electrons. The van der Waals surface area contributed by atoms with Crippen molar-refractivity contribution < 1.29 is 4.79 Å². The van der Waals surface area contributed by atoms with Crippen LogP contribution in [-0.4, -0.2) is 47.9 Å². The third-order valence-electron chi connectivity index (χ3n) is 6.04. The molecular weight excluding hydrogens is 378 g/mol. The van der Waals surface area contributed by atoms with Gasteiger partial charge in [-0.3, -0.25) is 9.69 Å². The Labute approximate surface area is 177 Å². The highest BCUT2D eigenvalue weighted by Crippen LogP contribution is 2.28. The number of thioether (sulfide) groups is 1. The van der Waals surface area contributed by atoms with Crippen molar-refractivity contribution in [1.29, 1.82) is 5.26 Å². The number of hydrogen-bond donors (Lipinski definition) is 0. The van der Waals surface area contributed by atoms with Crippen LogP contribution in [0.3, 0.4) is 0 Å². The lowest BCUT2D eigenvalue weighted by atomic mass is 10.1. The summed E-state index contributed by atoms with van der Waals surface area (Å²) in [5.41, 5.74) is 2.63. The molecule has 4 rings (SSSR count). The SMILES string of the molecule is N#Cc1ccc(CSc2ccccc2C(=O)N2CCN(C3CCCC3)CC2)cc1. The molecule has 1 heterocycles. The summed E-state index contributed by atoms with van der Waals surface area (Å²) >= 11 is 1.69. The van der Waals surface area contributed by atoms with Crippen molar-refractivity contribution in [1.82, 2.24) is 9.80 Å². The maximum Gasteiger partial charge on any atom is 0.255 e. The van der Waals surface area contributed by atoms with Crippen LogP contribution in [0, 0.1) is 11.3 Å². The molecule has 2 fully saturated rings. The Morgan fingerprint density at radius 3 is 2.38 bits per heavy atom. The van der Waals surface area contributed by atoms with E-state index in [9.17, 15) is 4.79 Å². The van der Waals surface area contributed by atoms with Crippen LogP contribution in [0.2, 0.25) is 0 Å². The fraction of sp³-hybridized carbons (Fsp3) is 0.417. The zero-order chi connectivity index (χ0) is 20.1. The average Bonchev–Trinajstić information content (AvgIpc) is 3.33. The van der Waals surface area contributed by atoms with E-state index >= 15 is 0 Å². The summed E-state index contributed by atoms with van der Waals surface area (Å²) in [6.07, 6.45) is 5.35. The lowest BCUT2D eigenvalue weighted by Crippen LogP contribution is -2.51. The Hall–Kier alpha value is -2.29. The summed E-state index contributed by atoms with van der Waals surface area (Å²) in [6, 6.07) is 18.5. The molecule has 0 bridgehead atoms. The first-order valence-corrected chi connectivity index (χ1v) is 11.5. The van der Waals surface area contributed by atoms with E-state index in [2.05, 4.69) is 11.0 Å². The molecule has 29 heavy (non-hydrogen) atoms. The third kappa shape index (κ3) is 4.83. The van der Waals surface area contributed by atoms with Crippen LogP contribution in [0.25, 0.3) is 0 Å². The van der Waals surface area contributed by atoms with Crippen molar-refractivity contribution in [2.75, 3.05) is 26.2 Å². The topological polar surface area (TPSA) is 47.3 Å². The zero-order valence-electron chi connectivity index (χ0n) is 16.7. The molecule has 1 saturated carbocycles. The van der Waals surface area contributed by atoms with Crippen LogP contribution >= 0.6 is 11.8 Å². The van der Waals surface area contributed by atoms with Crippen molar-refractivity contribution in [3.63, 3.8) is 0 Å². The molecule has 0 spiro atoms. The van der Waals surface area contributed by atoms with Gasteiger partial charge in [-0.05, 0) is 42.7 Å². The number of hydrogen-bond acceptors (Lipinski definition) is 4. The van der Waals surface area contributed by atoms with E-state index in [1.54, 1.807) is 11.8 Å². The number of carbonyl (C=O) groups is 1. The first kappa shape index (κ1) is 20.0. The second-order valence-corrected chi connectivity index (χ2v) is 8.88. The summed E-state index contributed by atoms with van der Waals surface area (Å²) in [6.45, 7) is 3.64. The molecule has 2 aromatic carbocycles. The Morgan fingerprint density at radius 2 is 1.69 bits per heavy atom. The predicted molar refractivity (Wildman–Crippen MR) is 117 cm³/mol. The van der Waals surface area contributed by atoms with Crippen molar-refractivity contribution in [3.8, 4) is 6.07 Å². The summed E-state index contributed by atoms with van der Waals surface area (Å²) in [5, 5.41) is 8.94. The average molecular weight is 406 g/mol. The molecule has 1 aliphatic heterocycles. The van der Waals surface area contributed by atoms with Crippen LogP contribution in [0.1, 0.15) is 47.2 Å². The fourth-order valence-electron chi connectivity index (χ4n) is 4.34. The molecule has 1 aliphatic carbocycles. The van der Waals surface area contributed by atoms with Gasteiger partial charge in [-0.1, -0.05) is 37.1 Å². The van der Waals surface area contributed by atoms with Gasteiger partial charge >= 0.3 is 0 Å². The van der Waals surface area contributed by atoms with E-state index in [1.807, 2.05) is 53.4 Å². The molecule has 4 nitrogen and oxygen atoms in total. The molecule has 0 unspecified atom stereocenters. The van der Waals surface area contributed by atoms with Gasteiger partial charge in [0.05, 0.1) is 17.2 Å². The minimum atomic E-state index is 0.152. The van der Waals surface area contributed by atoms with Gasteiger partial charge in [-0.15, -0.1) is 11.8 Å². The van der Waals surface area contributed by atoms with Gasteiger partial charge in [-0.2, -0.15) is 5.26 Å². The summed E-state index contributed by atoms with van der Waals surface area (Å²) in [5.74, 6) is 0.935. The molecular formula is C24H27N3OS. The lowest BCUT2D eigenvalue weighted by molar-refractivity contribution is 0.0570. The second kappa shape index (κ2) is 9.47. The summed E-state index contributed by atoms with van der Waals surface area (Å²) in [7, 11) is 0. The van der Waals surface area contributed by atoms with E-state index in [-0.39, 0.29) is 5.91 Å². The standard InChI is InChI=1S/C24H27N3OS/c25-17-19-9-11-20(12-10-19)18-29-23-8-4-3-7-22(23)24(28)27-15-13-26(14-16-27)21-5-1-2-6-21/h3-4,7-12,21H,1-2,5-6,13-16,18H2. The number of amides is 1. The predicted octanol–water partition coefficient (Wildman–Crippen LogP) is 4.55. The number of nitrogens with zero attached hydrogens (tertiary/aromatic N) is 3. The number of nitriles is 1. The van der Waals surface area contributed by atoms with Gasteiger partial charge in [0, 0.05) is 42.9 Å². The molecule has 2 aliphatic rings. The molecule has 2 aromatic rings. The van der Waals surface area contributed by atoms with Gasteiger partial charge in [0.25, 0.3) is 5.91 Å². The monoisotopic (exact) mass is 405 g/mol. The second-order valence-electron chi connectivity index (χ2n) is 7.86. The van der Waals surface area contributed by atoms with Crippen LogP contribution < -0.4 is 0 Å². The van der Waals surface area contributed by atoms with Crippen LogP contribution in [0.15, 0.2) is 53.4 Å². The number of carbonyl (C=O) groups excluding carboxylic acids is 1. The quantitative estimate of drug-likeness (QED) is 0.685. The van der Waals surface area contributed by atoms with Gasteiger partial charge in [0.2, 0.25) is 0 Å². The van der Waals surface area contributed by atoms with E-state index in [0.717, 1.165) is 54.0 Å². The molecule has 0 radical (unpaired) electrons.